The number of carbonyl (C=O) groups is 1. The normalized spacial score (nSPS) is 14.9. The Kier molecular flexibility index (Phi) is 2.55. The molecule has 1 rings (SSSR count). The lowest BCUT2D eigenvalue weighted by atomic mass is 9.94. The molecule has 0 heterocycles. The van der Waals surface area contributed by atoms with Gasteiger partial charge in [0.25, 0.3) is 0 Å². The Bertz CT molecular complexity index is 372. The van der Waals surface area contributed by atoms with Gasteiger partial charge in [0.2, 0.25) is 5.67 Å². The smallest absolute Gasteiger partial charge is 0.345 e. The molecule has 14 heavy (non-hydrogen) atoms. The third-order valence-electron chi connectivity index (χ3n) is 2.10. The molecule has 1 atom stereocenters. The Morgan fingerprint density at radius 3 is 2.50 bits per heavy atom. The number of aliphatic carboxylic acids is 1. The highest BCUT2D eigenvalue weighted by molar-refractivity contribution is 5.79. The van der Waals surface area contributed by atoms with Crippen LogP contribution in [0, 0.1) is 12.7 Å². The van der Waals surface area contributed by atoms with Crippen LogP contribution in [0.25, 0.3) is 0 Å². The minimum atomic E-state index is -2.47. The summed E-state index contributed by atoms with van der Waals surface area (Å²) in [6.45, 7) is 2.41. The highest BCUT2D eigenvalue weighted by atomic mass is 19.1. The van der Waals surface area contributed by atoms with Gasteiger partial charge in [0.05, 0.1) is 0 Å². The summed E-state index contributed by atoms with van der Waals surface area (Å²) in [6, 6.07) is 3.30. The van der Waals surface area contributed by atoms with Crippen LogP contribution in [-0.2, 0) is 10.5 Å². The molecule has 0 saturated heterocycles. The summed E-state index contributed by atoms with van der Waals surface area (Å²) >= 11 is 0. The summed E-state index contributed by atoms with van der Waals surface area (Å²) in [5.74, 6) is -2.08. The molecule has 0 aromatic heterocycles. The van der Waals surface area contributed by atoms with E-state index in [0.717, 1.165) is 25.1 Å². The lowest BCUT2D eigenvalue weighted by Gasteiger charge is -2.17. The summed E-state index contributed by atoms with van der Waals surface area (Å²) in [7, 11) is 0. The van der Waals surface area contributed by atoms with Gasteiger partial charge in [0.1, 0.15) is 5.82 Å². The molecule has 0 bridgehead atoms. The van der Waals surface area contributed by atoms with Crippen LogP contribution >= 0.6 is 0 Å². The quantitative estimate of drug-likeness (QED) is 0.795. The number of halogens is 2. The maximum absolute atomic E-state index is 13.6. The van der Waals surface area contributed by atoms with Crippen molar-refractivity contribution in [1.29, 1.82) is 0 Å². The maximum Gasteiger partial charge on any atom is 0.345 e. The number of carboxylic acid groups (broad SMARTS) is 1. The van der Waals surface area contributed by atoms with E-state index in [1.807, 2.05) is 0 Å². The van der Waals surface area contributed by atoms with Crippen molar-refractivity contribution in [3.63, 3.8) is 0 Å². The number of hydrogen-bond donors (Lipinski definition) is 1. The monoisotopic (exact) mass is 200 g/mol. The third kappa shape index (κ3) is 1.73. The summed E-state index contributed by atoms with van der Waals surface area (Å²) < 4.78 is 26.3. The summed E-state index contributed by atoms with van der Waals surface area (Å²) in [4.78, 5) is 10.6. The van der Waals surface area contributed by atoms with Gasteiger partial charge < -0.3 is 5.11 Å². The zero-order valence-electron chi connectivity index (χ0n) is 7.84. The van der Waals surface area contributed by atoms with Crippen LogP contribution in [0.2, 0.25) is 0 Å². The lowest BCUT2D eigenvalue weighted by molar-refractivity contribution is -0.150. The number of rotatable bonds is 2. The van der Waals surface area contributed by atoms with E-state index in [0.29, 0.717) is 0 Å². The van der Waals surface area contributed by atoms with E-state index < -0.39 is 17.5 Å². The Balaban J connectivity index is 3.26. The largest absolute Gasteiger partial charge is 0.479 e. The predicted molar refractivity (Wildman–Crippen MR) is 47.2 cm³/mol. The summed E-state index contributed by atoms with van der Waals surface area (Å²) in [5, 5.41) is 8.62. The van der Waals surface area contributed by atoms with Crippen LogP contribution in [0.5, 0.6) is 0 Å². The van der Waals surface area contributed by atoms with Gasteiger partial charge in [-0.05, 0) is 31.5 Å². The van der Waals surface area contributed by atoms with Crippen LogP contribution in [0.1, 0.15) is 18.1 Å². The molecule has 1 unspecified atom stereocenters. The van der Waals surface area contributed by atoms with E-state index in [4.69, 9.17) is 5.11 Å². The second kappa shape index (κ2) is 3.36. The maximum atomic E-state index is 13.6. The van der Waals surface area contributed by atoms with Crippen molar-refractivity contribution in [3.05, 3.63) is 35.1 Å². The molecule has 0 saturated carbocycles. The van der Waals surface area contributed by atoms with E-state index in [-0.39, 0.29) is 11.1 Å². The molecule has 1 aromatic carbocycles. The van der Waals surface area contributed by atoms with Crippen LogP contribution in [0.3, 0.4) is 0 Å². The number of alkyl halides is 1. The number of benzene rings is 1. The van der Waals surface area contributed by atoms with Crippen LogP contribution < -0.4 is 0 Å². The van der Waals surface area contributed by atoms with Crippen LogP contribution in [0.4, 0.5) is 8.78 Å². The number of carboxylic acids is 1. The Labute approximate surface area is 80.2 Å². The number of hydrogen-bond acceptors (Lipinski definition) is 1. The minimum Gasteiger partial charge on any atom is -0.479 e. The molecule has 0 aliphatic carbocycles. The Hall–Kier alpha value is -1.45. The van der Waals surface area contributed by atoms with Crippen LogP contribution in [0.15, 0.2) is 18.2 Å². The predicted octanol–water partition coefficient (Wildman–Crippen LogP) is 2.40. The highest BCUT2D eigenvalue weighted by Crippen LogP contribution is 2.28. The topological polar surface area (TPSA) is 37.3 Å². The Morgan fingerprint density at radius 1 is 1.50 bits per heavy atom. The first kappa shape index (κ1) is 10.6. The molecule has 4 heteroatoms. The van der Waals surface area contributed by atoms with Crippen molar-refractivity contribution in [1.82, 2.24) is 0 Å². The first-order chi connectivity index (χ1) is 6.35. The first-order valence-corrected chi connectivity index (χ1v) is 4.04. The van der Waals surface area contributed by atoms with E-state index >= 15 is 0 Å². The van der Waals surface area contributed by atoms with Crippen molar-refractivity contribution in [2.45, 2.75) is 19.5 Å². The molecule has 0 amide bonds. The average molecular weight is 200 g/mol. The van der Waals surface area contributed by atoms with Crippen molar-refractivity contribution in [2.24, 2.45) is 0 Å². The highest BCUT2D eigenvalue weighted by Gasteiger charge is 2.36. The van der Waals surface area contributed by atoms with Gasteiger partial charge in [-0.3, -0.25) is 0 Å². The second-order valence-corrected chi connectivity index (χ2v) is 3.27. The standard InChI is InChI=1S/C10H10F2O2/c1-6-5-7(11)3-4-8(6)10(2,12)9(13)14/h3-5H,1-2H3,(H,13,14). The van der Waals surface area contributed by atoms with Crippen LogP contribution in [-0.4, -0.2) is 11.1 Å². The molecule has 2 nitrogen and oxygen atoms in total. The van der Waals surface area contributed by atoms with E-state index in [2.05, 4.69) is 0 Å². The molecule has 0 aliphatic rings. The van der Waals surface area contributed by atoms with Crippen molar-refractivity contribution >= 4 is 5.97 Å². The van der Waals surface area contributed by atoms with Gasteiger partial charge in [-0.15, -0.1) is 0 Å². The fourth-order valence-corrected chi connectivity index (χ4v) is 1.27. The van der Waals surface area contributed by atoms with Crippen molar-refractivity contribution < 1.29 is 18.7 Å². The molecule has 0 aliphatic heterocycles. The second-order valence-electron chi connectivity index (χ2n) is 3.27. The number of aryl methyl sites for hydroxylation is 1. The van der Waals surface area contributed by atoms with Crippen molar-refractivity contribution in [3.8, 4) is 0 Å². The molecule has 1 aromatic rings. The SMILES string of the molecule is Cc1cc(F)ccc1C(C)(F)C(=O)O. The fourth-order valence-electron chi connectivity index (χ4n) is 1.27. The van der Waals surface area contributed by atoms with Gasteiger partial charge in [-0.1, -0.05) is 6.07 Å². The van der Waals surface area contributed by atoms with Crippen molar-refractivity contribution in [2.75, 3.05) is 0 Å². The summed E-state index contributed by atoms with van der Waals surface area (Å²) in [6.07, 6.45) is 0. The lowest BCUT2D eigenvalue weighted by Crippen LogP contribution is -2.27. The van der Waals surface area contributed by atoms with Gasteiger partial charge in [-0.2, -0.15) is 0 Å². The summed E-state index contributed by atoms with van der Waals surface area (Å²) in [5.41, 5.74) is -2.21. The van der Waals surface area contributed by atoms with Gasteiger partial charge in [0, 0.05) is 5.56 Å². The molecule has 76 valence electrons. The Morgan fingerprint density at radius 2 is 2.07 bits per heavy atom. The molecular formula is C10H10F2O2. The van der Waals surface area contributed by atoms with Gasteiger partial charge in [0.15, 0.2) is 0 Å². The van der Waals surface area contributed by atoms with E-state index in [1.165, 1.54) is 6.92 Å². The molecule has 0 radical (unpaired) electrons. The zero-order chi connectivity index (χ0) is 10.9. The van der Waals surface area contributed by atoms with Gasteiger partial charge in [-0.25, -0.2) is 13.6 Å². The molecule has 0 spiro atoms. The van der Waals surface area contributed by atoms with Gasteiger partial charge >= 0.3 is 5.97 Å². The molecule has 1 N–H and O–H groups in total. The van der Waals surface area contributed by atoms with E-state index in [1.54, 1.807) is 0 Å². The third-order valence-corrected chi connectivity index (χ3v) is 2.10. The van der Waals surface area contributed by atoms with E-state index in [9.17, 15) is 13.6 Å². The minimum absolute atomic E-state index is 0.0219. The molecule has 0 fully saturated rings. The molecular weight excluding hydrogens is 190 g/mol. The first-order valence-electron chi connectivity index (χ1n) is 4.04. The fraction of sp³-hybridized carbons (Fsp3) is 0.300. The average Bonchev–Trinajstić information content (AvgIpc) is 2.02. The zero-order valence-corrected chi connectivity index (χ0v) is 7.84.